The molecule has 4 rings (SSSR count). The highest BCUT2D eigenvalue weighted by molar-refractivity contribution is 6.15. The van der Waals surface area contributed by atoms with E-state index in [1.807, 2.05) is 31.2 Å². The third-order valence-corrected chi connectivity index (χ3v) is 5.39. The zero-order valence-corrected chi connectivity index (χ0v) is 17.0. The van der Waals surface area contributed by atoms with E-state index in [1.165, 1.54) is 0 Å². The van der Waals surface area contributed by atoms with Crippen molar-refractivity contribution < 1.29 is 19.1 Å². The first-order chi connectivity index (χ1) is 14.0. The highest BCUT2D eigenvalue weighted by atomic mass is 16.5. The maximum atomic E-state index is 12.8. The highest BCUT2D eigenvalue weighted by Gasteiger charge is 2.33. The number of ether oxygens (including phenoxy) is 2. The van der Waals surface area contributed by atoms with Crippen molar-refractivity contribution in [2.75, 3.05) is 18.0 Å². The Hall–Kier alpha value is -3.08. The Morgan fingerprint density at radius 1 is 1.17 bits per heavy atom. The number of carbonyl (C=O) groups excluding carboxylic acids is 2. The Morgan fingerprint density at radius 3 is 2.48 bits per heavy atom. The molecule has 0 spiro atoms. The van der Waals surface area contributed by atoms with Gasteiger partial charge >= 0.3 is 5.97 Å². The van der Waals surface area contributed by atoms with Crippen LogP contribution in [0.5, 0.6) is 11.5 Å². The van der Waals surface area contributed by atoms with Gasteiger partial charge in [0.15, 0.2) is 5.76 Å². The SMILES string of the molecule is CCN(CC)c1ccc(/C=C2\Oc3cc(OC(=O)C4CC4)cc(C)c3C2=O)cc1. The molecule has 29 heavy (non-hydrogen) atoms. The lowest BCUT2D eigenvalue weighted by Crippen LogP contribution is -2.21. The second kappa shape index (κ2) is 7.74. The standard InChI is InChI=1S/C24H25NO4/c1-4-25(5-2)18-10-6-16(7-11-18)13-21-23(26)22-15(3)12-19(14-20(22)29-21)28-24(27)17-8-9-17/h6-7,10-14,17H,4-5,8-9H2,1-3H3/b21-13-. The highest BCUT2D eigenvalue weighted by Crippen LogP contribution is 2.38. The van der Waals surface area contributed by atoms with Crippen LogP contribution in [-0.2, 0) is 4.79 Å². The topological polar surface area (TPSA) is 55.8 Å². The number of nitrogens with zero attached hydrogens (tertiary/aromatic N) is 1. The number of aryl methyl sites for hydroxylation is 1. The summed E-state index contributed by atoms with van der Waals surface area (Å²) in [6.07, 6.45) is 3.53. The van der Waals surface area contributed by atoms with E-state index < -0.39 is 0 Å². The van der Waals surface area contributed by atoms with Gasteiger partial charge in [-0.15, -0.1) is 0 Å². The Morgan fingerprint density at radius 2 is 1.86 bits per heavy atom. The molecule has 0 atom stereocenters. The molecule has 0 saturated heterocycles. The number of Topliss-reactive ketones (excluding diaryl/α,β-unsaturated/α-hetero) is 1. The molecular formula is C24H25NO4. The van der Waals surface area contributed by atoms with Crippen LogP contribution in [0.15, 0.2) is 42.2 Å². The van der Waals surface area contributed by atoms with Crippen molar-refractivity contribution in [3.8, 4) is 11.5 Å². The summed E-state index contributed by atoms with van der Waals surface area (Å²) in [7, 11) is 0. The molecule has 1 aliphatic heterocycles. The summed E-state index contributed by atoms with van der Waals surface area (Å²) in [6.45, 7) is 7.97. The van der Waals surface area contributed by atoms with Crippen LogP contribution in [0.25, 0.3) is 6.08 Å². The van der Waals surface area contributed by atoms with Crippen molar-refractivity contribution in [3.63, 3.8) is 0 Å². The first-order valence-electron chi connectivity index (χ1n) is 10.2. The molecule has 5 heteroatoms. The number of rotatable bonds is 6. The maximum Gasteiger partial charge on any atom is 0.314 e. The van der Waals surface area contributed by atoms with Crippen LogP contribution in [0.3, 0.4) is 0 Å². The molecular weight excluding hydrogens is 366 g/mol. The second-order valence-corrected chi connectivity index (χ2v) is 7.51. The summed E-state index contributed by atoms with van der Waals surface area (Å²) in [6, 6.07) is 11.4. The molecule has 0 N–H and O–H groups in total. The summed E-state index contributed by atoms with van der Waals surface area (Å²) in [5.41, 5.74) is 3.32. The minimum Gasteiger partial charge on any atom is -0.452 e. The van der Waals surface area contributed by atoms with Crippen molar-refractivity contribution in [2.45, 2.75) is 33.6 Å². The van der Waals surface area contributed by atoms with Crippen molar-refractivity contribution in [2.24, 2.45) is 5.92 Å². The molecule has 2 aromatic carbocycles. The lowest BCUT2D eigenvalue weighted by Gasteiger charge is -2.20. The molecule has 150 valence electrons. The number of anilines is 1. The lowest BCUT2D eigenvalue weighted by atomic mass is 10.0. The molecule has 1 aliphatic carbocycles. The van der Waals surface area contributed by atoms with Crippen LogP contribution in [0.2, 0.25) is 0 Å². The monoisotopic (exact) mass is 391 g/mol. The van der Waals surface area contributed by atoms with Gasteiger partial charge in [0.1, 0.15) is 11.5 Å². The molecule has 0 bridgehead atoms. The Labute approximate surface area is 170 Å². The van der Waals surface area contributed by atoms with Gasteiger partial charge in [0.2, 0.25) is 5.78 Å². The first-order valence-corrected chi connectivity index (χ1v) is 10.2. The zero-order chi connectivity index (χ0) is 20.5. The summed E-state index contributed by atoms with van der Waals surface area (Å²) in [5.74, 6) is 0.809. The summed E-state index contributed by atoms with van der Waals surface area (Å²) in [4.78, 5) is 27.0. The van der Waals surface area contributed by atoms with E-state index in [-0.39, 0.29) is 23.4 Å². The summed E-state index contributed by atoms with van der Waals surface area (Å²) in [5, 5.41) is 0. The van der Waals surface area contributed by atoms with E-state index >= 15 is 0 Å². The van der Waals surface area contributed by atoms with Gasteiger partial charge in [-0.1, -0.05) is 12.1 Å². The molecule has 1 fully saturated rings. The van der Waals surface area contributed by atoms with Gasteiger partial charge < -0.3 is 14.4 Å². The Kier molecular flexibility index (Phi) is 5.14. The van der Waals surface area contributed by atoms with E-state index in [9.17, 15) is 9.59 Å². The maximum absolute atomic E-state index is 12.8. The average molecular weight is 391 g/mol. The van der Waals surface area contributed by atoms with Gasteiger partial charge in [-0.25, -0.2) is 0 Å². The van der Waals surface area contributed by atoms with Crippen LogP contribution in [-0.4, -0.2) is 24.8 Å². The molecule has 1 saturated carbocycles. The number of ketones is 1. The van der Waals surface area contributed by atoms with Crippen LogP contribution < -0.4 is 14.4 Å². The third kappa shape index (κ3) is 3.90. The van der Waals surface area contributed by atoms with Crippen molar-refractivity contribution in [3.05, 3.63) is 58.8 Å². The molecule has 0 aromatic heterocycles. The number of hydrogen-bond donors (Lipinski definition) is 0. The largest absolute Gasteiger partial charge is 0.452 e. The van der Waals surface area contributed by atoms with Crippen LogP contribution in [0.4, 0.5) is 5.69 Å². The molecule has 0 radical (unpaired) electrons. The quantitative estimate of drug-likeness (QED) is 0.403. The minimum absolute atomic E-state index is 0.0147. The van der Waals surface area contributed by atoms with Crippen LogP contribution in [0, 0.1) is 12.8 Å². The Bertz CT molecular complexity index is 983. The first kappa shape index (κ1) is 19.2. The Balaban J connectivity index is 1.55. The van der Waals surface area contributed by atoms with Gasteiger partial charge in [-0.2, -0.15) is 0 Å². The van der Waals surface area contributed by atoms with Crippen LogP contribution >= 0.6 is 0 Å². The molecule has 0 unspecified atom stereocenters. The number of benzene rings is 2. The van der Waals surface area contributed by atoms with E-state index in [2.05, 4.69) is 18.7 Å². The molecule has 0 amide bonds. The smallest absolute Gasteiger partial charge is 0.314 e. The molecule has 5 nitrogen and oxygen atoms in total. The molecule has 1 heterocycles. The molecule has 2 aliphatic rings. The minimum atomic E-state index is -0.210. The summed E-state index contributed by atoms with van der Waals surface area (Å²) >= 11 is 0. The van der Waals surface area contributed by atoms with Crippen molar-refractivity contribution in [1.29, 1.82) is 0 Å². The average Bonchev–Trinajstić information content (AvgIpc) is 3.50. The lowest BCUT2D eigenvalue weighted by molar-refractivity contribution is -0.135. The third-order valence-electron chi connectivity index (χ3n) is 5.39. The predicted octanol–water partition coefficient (Wildman–Crippen LogP) is 4.77. The number of esters is 1. The van der Waals surface area contributed by atoms with Crippen molar-refractivity contribution in [1.82, 2.24) is 0 Å². The number of carbonyl (C=O) groups is 2. The fraction of sp³-hybridized carbons (Fsp3) is 0.333. The second-order valence-electron chi connectivity index (χ2n) is 7.51. The van der Waals surface area contributed by atoms with E-state index in [0.29, 0.717) is 17.1 Å². The normalized spacial score (nSPS) is 16.5. The van der Waals surface area contributed by atoms with E-state index in [4.69, 9.17) is 9.47 Å². The number of allylic oxidation sites excluding steroid dienone is 1. The van der Waals surface area contributed by atoms with Gasteiger partial charge in [0, 0.05) is 24.8 Å². The van der Waals surface area contributed by atoms with E-state index in [0.717, 1.165) is 42.7 Å². The number of hydrogen-bond acceptors (Lipinski definition) is 5. The van der Waals surface area contributed by atoms with Gasteiger partial charge in [-0.3, -0.25) is 9.59 Å². The predicted molar refractivity (Wildman–Crippen MR) is 112 cm³/mol. The van der Waals surface area contributed by atoms with Gasteiger partial charge in [-0.05, 0) is 69.0 Å². The summed E-state index contributed by atoms with van der Waals surface area (Å²) < 4.78 is 11.3. The number of fused-ring (bicyclic) bond motifs is 1. The fourth-order valence-electron chi connectivity index (χ4n) is 3.58. The van der Waals surface area contributed by atoms with Crippen molar-refractivity contribution >= 4 is 23.5 Å². The van der Waals surface area contributed by atoms with Gasteiger partial charge in [0.25, 0.3) is 0 Å². The van der Waals surface area contributed by atoms with Gasteiger partial charge in [0.05, 0.1) is 11.5 Å². The van der Waals surface area contributed by atoms with E-state index in [1.54, 1.807) is 18.2 Å². The fourth-order valence-corrected chi connectivity index (χ4v) is 3.58. The van der Waals surface area contributed by atoms with Crippen LogP contribution in [0.1, 0.15) is 48.2 Å². The zero-order valence-electron chi connectivity index (χ0n) is 17.0. The molecule has 2 aromatic rings.